The second-order valence-electron chi connectivity index (χ2n) is 8.41. The lowest BCUT2D eigenvalue weighted by Crippen LogP contribution is -2.52. The Labute approximate surface area is 157 Å². The van der Waals surface area contributed by atoms with Gasteiger partial charge in [0.1, 0.15) is 6.04 Å². The number of hydrogen-bond donors (Lipinski definition) is 2. The van der Waals surface area contributed by atoms with Gasteiger partial charge in [-0.25, -0.2) is 0 Å². The van der Waals surface area contributed by atoms with Gasteiger partial charge in [-0.05, 0) is 41.9 Å². The van der Waals surface area contributed by atoms with Crippen LogP contribution in [0.3, 0.4) is 0 Å². The quantitative estimate of drug-likeness (QED) is 0.745. The molecule has 5 rings (SSSR count). The lowest BCUT2D eigenvalue weighted by atomic mass is 10.0. The van der Waals surface area contributed by atoms with Gasteiger partial charge in [-0.2, -0.15) is 0 Å². The Balaban J connectivity index is 1.30. The minimum Gasteiger partial charge on any atom is -0.326 e. The third kappa shape index (κ3) is 2.95. The SMILES string of the molecule is N[C@H]1CN(Cc2ccc3c(c2)CN(C2CCC(=O)NC2=O)C3=O)C[C@@H]2C[C@@H]21. The number of fused-ring (bicyclic) bond motifs is 2. The number of nitrogens with two attached hydrogens (primary N) is 1. The number of piperidine rings is 2. The van der Waals surface area contributed by atoms with Gasteiger partial charge < -0.3 is 10.6 Å². The van der Waals surface area contributed by atoms with E-state index < -0.39 is 6.04 Å². The highest BCUT2D eigenvalue weighted by molar-refractivity contribution is 6.05. The molecule has 1 unspecified atom stereocenters. The molecule has 142 valence electrons. The number of nitrogens with zero attached hydrogens (tertiary/aromatic N) is 2. The zero-order valence-electron chi connectivity index (χ0n) is 15.2. The van der Waals surface area contributed by atoms with Gasteiger partial charge in [0.25, 0.3) is 5.91 Å². The third-order valence-corrected chi connectivity index (χ3v) is 6.48. The Kier molecular flexibility index (Phi) is 3.84. The van der Waals surface area contributed by atoms with E-state index in [2.05, 4.69) is 16.3 Å². The van der Waals surface area contributed by atoms with E-state index in [1.165, 1.54) is 12.0 Å². The molecule has 4 aliphatic rings. The van der Waals surface area contributed by atoms with E-state index in [0.717, 1.165) is 37.0 Å². The summed E-state index contributed by atoms with van der Waals surface area (Å²) in [6.07, 6.45) is 1.93. The molecule has 3 aliphatic heterocycles. The zero-order valence-corrected chi connectivity index (χ0v) is 15.2. The predicted octanol–water partition coefficient (Wildman–Crippen LogP) is 0.227. The van der Waals surface area contributed by atoms with Gasteiger partial charge in [0.15, 0.2) is 0 Å². The molecule has 0 bridgehead atoms. The molecule has 0 aromatic heterocycles. The number of rotatable bonds is 3. The molecule has 7 heteroatoms. The van der Waals surface area contributed by atoms with Crippen LogP contribution in [0.4, 0.5) is 0 Å². The van der Waals surface area contributed by atoms with Crippen LogP contribution in [0.2, 0.25) is 0 Å². The molecular weight excluding hydrogens is 344 g/mol. The normalized spacial score (nSPS) is 32.9. The van der Waals surface area contributed by atoms with Crippen LogP contribution in [-0.4, -0.2) is 52.7 Å². The smallest absolute Gasteiger partial charge is 0.255 e. The minimum atomic E-state index is -0.557. The first-order valence-corrected chi connectivity index (χ1v) is 9.74. The number of imide groups is 1. The summed E-state index contributed by atoms with van der Waals surface area (Å²) in [5.74, 6) is 0.731. The van der Waals surface area contributed by atoms with E-state index in [1.807, 2.05) is 12.1 Å². The summed E-state index contributed by atoms with van der Waals surface area (Å²) < 4.78 is 0. The van der Waals surface area contributed by atoms with Gasteiger partial charge in [-0.3, -0.25) is 24.6 Å². The van der Waals surface area contributed by atoms with E-state index in [4.69, 9.17) is 5.73 Å². The Morgan fingerprint density at radius 3 is 2.81 bits per heavy atom. The molecule has 3 heterocycles. The van der Waals surface area contributed by atoms with Gasteiger partial charge in [-0.15, -0.1) is 0 Å². The number of hydrogen-bond acceptors (Lipinski definition) is 5. The molecule has 1 aromatic carbocycles. The van der Waals surface area contributed by atoms with Gasteiger partial charge in [0.05, 0.1) is 0 Å². The topological polar surface area (TPSA) is 95.7 Å². The number of likely N-dealkylation sites (tertiary alicyclic amines) is 1. The number of benzene rings is 1. The molecule has 2 saturated heterocycles. The van der Waals surface area contributed by atoms with Gasteiger partial charge in [0.2, 0.25) is 11.8 Å². The van der Waals surface area contributed by atoms with E-state index in [-0.39, 0.29) is 30.2 Å². The third-order valence-electron chi connectivity index (χ3n) is 6.48. The van der Waals surface area contributed by atoms with Crippen molar-refractivity contribution in [3.63, 3.8) is 0 Å². The van der Waals surface area contributed by atoms with Crippen molar-refractivity contribution in [2.75, 3.05) is 13.1 Å². The summed E-state index contributed by atoms with van der Waals surface area (Å²) in [6, 6.07) is 5.70. The second-order valence-corrected chi connectivity index (χ2v) is 8.41. The molecule has 3 fully saturated rings. The fourth-order valence-electron chi connectivity index (χ4n) is 4.96. The van der Waals surface area contributed by atoms with Crippen molar-refractivity contribution in [2.45, 2.75) is 44.4 Å². The molecule has 7 nitrogen and oxygen atoms in total. The Morgan fingerprint density at radius 2 is 2.04 bits per heavy atom. The van der Waals surface area contributed by atoms with Crippen LogP contribution in [0.25, 0.3) is 0 Å². The standard InChI is InChI=1S/C20H24N4O3/c21-16-10-23(8-13-6-15(13)16)7-11-1-2-14-12(5-11)9-24(20(14)27)17-3-4-18(25)22-19(17)26/h1-2,5,13,15-17H,3-4,6-10,21H2,(H,22,25,26)/t13-,15-,16-,17?/m0/s1. The molecule has 27 heavy (non-hydrogen) atoms. The Hall–Kier alpha value is -2.25. The highest BCUT2D eigenvalue weighted by Crippen LogP contribution is 2.44. The largest absolute Gasteiger partial charge is 0.326 e. The second kappa shape index (κ2) is 6.14. The van der Waals surface area contributed by atoms with Crippen molar-refractivity contribution in [3.8, 4) is 0 Å². The van der Waals surface area contributed by atoms with Crippen molar-refractivity contribution in [2.24, 2.45) is 17.6 Å². The first-order valence-electron chi connectivity index (χ1n) is 9.74. The van der Waals surface area contributed by atoms with Crippen molar-refractivity contribution in [1.82, 2.24) is 15.1 Å². The van der Waals surface area contributed by atoms with Crippen molar-refractivity contribution in [1.29, 1.82) is 0 Å². The molecule has 4 atom stereocenters. The lowest BCUT2D eigenvalue weighted by Gasteiger charge is -2.30. The van der Waals surface area contributed by atoms with Gasteiger partial charge >= 0.3 is 0 Å². The molecule has 1 saturated carbocycles. The number of carbonyl (C=O) groups is 3. The average molecular weight is 368 g/mol. The van der Waals surface area contributed by atoms with E-state index in [1.54, 1.807) is 4.90 Å². The first-order chi connectivity index (χ1) is 13.0. The van der Waals surface area contributed by atoms with E-state index in [0.29, 0.717) is 18.5 Å². The number of nitrogens with one attached hydrogen (secondary N) is 1. The highest BCUT2D eigenvalue weighted by Gasteiger charge is 2.46. The summed E-state index contributed by atoms with van der Waals surface area (Å²) in [6.45, 7) is 3.31. The first kappa shape index (κ1) is 16.9. The number of amides is 3. The van der Waals surface area contributed by atoms with Gasteiger partial charge in [-0.1, -0.05) is 12.1 Å². The fourth-order valence-corrected chi connectivity index (χ4v) is 4.96. The summed E-state index contributed by atoms with van der Waals surface area (Å²) in [5.41, 5.74) is 9.05. The van der Waals surface area contributed by atoms with Gasteiger partial charge in [0, 0.05) is 44.2 Å². The maximum absolute atomic E-state index is 12.7. The van der Waals surface area contributed by atoms with Crippen molar-refractivity contribution < 1.29 is 14.4 Å². The monoisotopic (exact) mass is 368 g/mol. The average Bonchev–Trinajstić information content (AvgIpc) is 3.33. The molecule has 1 aliphatic carbocycles. The molecule has 1 aromatic rings. The maximum atomic E-state index is 12.7. The van der Waals surface area contributed by atoms with Crippen LogP contribution >= 0.6 is 0 Å². The van der Waals surface area contributed by atoms with Crippen LogP contribution in [0.5, 0.6) is 0 Å². The minimum absolute atomic E-state index is 0.119. The van der Waals surface area contributed by atoms with Crippen molar-refractivity contribution >= 4 is 17.7 Å². The van der Waals surface area contributed by atoms with Crippen LogP contribution in [0.15, 0.2) is 18.2 Å². The summed E-state index contributed by atoms with van der Waals surface area (Å²) in [7, 11) is 0. The lowest BCUT2D eigenvalue weighted by molar-refractivity contribution is -0.136. The highest BCUT2D eigenvalue weighted by atomic mass is 16.2. The van der Waals surface area contributed by atoms with Crippen LogP contribution in [-0.2, 0) is 22.7 Å². The molecule has 3 amide bonds. The summed E-state index contributed by atoms with van der Waals surface area (Å²) in [5, 5.41) is 2.34. The molecule has 0 radical (unpaired) electrons. The van der Waals surface area contributed by atoms with Crippen LogP contribution in [0, 0.1) is 11.8 Å². The molecule has 0 spiro atoms. The Morgan fingerprint density at radius 1 is 1.19 bits per heavy atom. The molecular formula is C20H24N4O3. The number of carbonyl (C=O) groups excluding carboxylic acids is 3. The Bertz CT molecular complexity index is 839. The molecule has 3 N–H and O–H groups in total. The summed E-state index contributed by atoms with van der Waals surface area (Å²) >= 11 is 0. The van der Waals surface area contributed by atoms with Crippen molar-refractivity contribution in [3.05, 3.63) is 34.9 Å². The predicted molar refractivity (Wildman–Crippen MR) is 97.3 cm³/mol. The van der Waals surface area contributed by atoms with Crippen LogP contribution in [0.1, 0.15) is 40.7 Å². The zero-order chi connectivity index (χ0) is 18.7. The maximum Gasteiger partial charge on any atom is 0.255 e. The fraction of sp³-hybridized carbons (Fsp3) is 0.550. The summed E-state index contributed by atoms with van der Waals surface area (Å²) in [4.78, 5) is 40.3. The van der Waals surface area contributed by atoms with E-state index in [9.17, 15) is 14.4 Å². The van der Waals surface area contributed by atoms with E-state index >= 15 is 0 Å². The van der Waals surface area contributed by atoms with Crippen LogP contribution < -0.4 is 11.1 Å².